The molecular weight excluding hydrogens is 248 g/mol. The SMILES string of the molecule is COc1cc(F)c(F)cc1C(O)C(O)CN=[N+]=[N-]. The summed E-state index contributed by atoms with van der Waals surface area (Å²) in [6.45, 7) is -0.403. The van der Waals surface area contributed by atoms with Gasteiger partial charge in [-0.15, -0.1) is 0 Å². The molecule has 1 aromatic carbocycles. The predicted octanol–water partition coefficient (Wildman–Crippen LogP) is 1.68. The third-order valence-corrected chi connectivity index (χ3v) is 2.29. The van der Waals surface area contributed by atoms with E-state index >= 15 is 0 Å². The maximum absolute atomic E-state index is 13.1. The highest BCUT2D eigenvalue weighted by molar-refractivity contribution is 5.37. The first-order valence-electron chi connectivity index (χ1n) is 4.91. The molecule has 2 N–H and O–H groups in total. The van der Waals surface area contributed by atoms with Crippen LogP contribution in [0.4, 0.5) is 8.78 Å². The van der Waals surface area contributed by atoms with E-state index in [4.69, 9.17) is 10.3 Å². The third kappa shape index (κ3) is 3.07. The number of ether oxygens (including phenoxy) is 1. The molecule has 1 rings (SSSR count). The zero-order valence-electron chi connectivity index (χ0n) is 9.42. The Balaban J connectivity index is 3.07. The smallest absolute Gasteiger partial charge is 0.162 e. The lowest BCUT2D eigenvalue weighted by Gasteiger charge is -2.19. The van der Waals surface area contributed by atoms with Gasteiger partial charge in [0, 0.05) is 16.5 Å². The third-order valence-electron chi connectivity index (χ3n) is 2.29. The largest absolute Gasteiger partial charge is 0.496 e. The normalized spacial score (nSPS) is 13.6. The fourth-order valence-electron chi connectivity index (χ4n) is 1.38. The number of methoxy groups -OCH3 is 1. The van der Waals surface area contributed by atoms with Gasteiger partial charge in [-0.2, -0.15) is 0 Å². The molecule has 0 amide bonds. The van der Waals surface area contributed by atoms with Crippen molar-refractivity contribution in [2.75, 3.05) is 13.7 Å². The van der Waals surface area contributed by atoms with Crippen molar-refractivity contribution >= 4 is 0 Å². The van der Waals surface area contributed by atoms with E-state index in [0.29, 0.717) is 0 Å². The molecule has 0 saturated carbocycles. The van der Waals surface area contributed by atoms with E-state index in [1.165, 1.54) is 7.11 Å². The first kappa shape index (κ1) is 14.2. The van der Waals surface area contributed by atoms with Gasteiger partial charge in [0.1, 0.15) is 11.9 Å². The Morgan fingerprint density at radius 1 is 1.39 bits per heavy atom. The molecule has 0 fully saturated rings. The number of benzene rings is 1. The standard InChI is InChI=1S/C10H11F2N3O3/c1-18-9-3-7(12)6(11)2-5(9)10(17)8(16)4-14-15-13/h2-3,8,10,16-17H,4H2,1H3. The molecular formula is C10H11F2N3O3. The number of hydrogen-bond donors (Lipinski definition) is 2. The number of hydrogen-bond acceptors (Lipinski definition) is 4. The van der Waals surface area contributed by atoms with Crippen LogP contribution < -0.4 is 4.74 Å². The van der Waals surface area contributed by atoms with Crippen LogP contribution in [-0.2, 0) is 0 Å². The van der Waals surface area contributed by atoms with E-state index in [-0.39, 0.29) is 11.3 Å². The molecule has 6 nitrogen and oxygen atoms in total. The molecule has 0 aliphatic carbocycles. The van der Waals surface area contributed by atoms with E-state index in [1.54, 1.807) is 0 Å². The van der Waals surface area contributed by atoms with Gasteiger partial charge < -0.3 is 14.9 Å². The monoisotopic (exact) mass is 259 g/mol. The van der Waals surface area contributed by atoms with Crippen molar-refractivity contribution < 1.29 is 23.7 Å². The molecule has 1 aromatic rings. The zero-order valence-corrected chi connectivity index (χ0v) is 9.42. The van der Waals surface area contributed by atoms with Crippen molar-refractivity contribution in [3.8, 4) is 5.75 Å². The molecule has 0 aliphatic heterocycles. The first-order valence-corrected chi connectivity index (χ1v) is 4.91. The van der Waals surface area contributed by atoms with Crippen molar-refractivity contribution in [1.29, 1.82) is 0 Å². The molecule has 0 spiro atoms. The van der Waals surface area contributed by atoms with Crippen LogP contribution in [-0.4, -0.2) is 30.0 Å². The van der Waals surface area contributed by atoms with E-state index in [9.17, 15) is 19.0 Å². The molecule has 0 aliphatic rings. The van der Waals surface area contributed by atoms with Crippen molar-refractivity contribution in [3.63, 3.8) is 0 Å². The average Bonchev–Trinajstić information content (AvgIpc) is 2.37. The fraction of sp³-hybridized carbons (Fsp3) is 0.400. The molecule has 18 heavy (non-hydrogen) atoms. The van der Waals surface area contributed by atoms with Gasteiger partial charge in [-0.25, -0.2) is 8.78 Å². The van der Waals surface area contributed by atoms with Crippen LogP contribution in [0, 0.1) is 11.6 Å². The number of aliphatic hydroxyl groups is 2. The highest BCUT2D eigenvalue weighted by Gasteiger charge is 2.23. The van der Waals surface area contributed by atoms with Crippen LogP contribution in [0.2, 0.25) is 0 Å². The summed E-state index contributed by atoms with van der Waals surface area (Å²) in [4.78, 5) is 2.41. The number of halogens is 2. The highest BCUT2D eigenvalue weighted by Crippen LogP contribution is 2.29. The maximum Gasteiger partial charge on any atom is 0.162 e. The van der Waals surface area contributed by atoms with Crippen LogP contribution in [0.25, 0.3) is 10.4 Å². The Bertz CT molecular complexity index is 478. The molecule has 0 heterocycles. The number of aliphatic hydroxyl groups excluding tert-OH is 2. The van der Waals surface area contributed by atoms with E-state index in [1.807, 2.05) is 0 Å². The lowest BCUT2D eigenvalue weighted by molar-refractivity contribution is 0.0227. The summed E-state index contributed by atoms with van der Waals surface area (Å²) in [5, 5.41) is 22.3. The van der Waals surface area contributed by atoms with Crippen molar-refractivity contribution in [3.05, 3.63) is 39.8 Å². The Labute approximate surface area is 101 Å². The summed E-state index contributed by atoms with van der Waals surface area (Å²) < 4.78 is 30.8. The Morgan fingerprint density at radius 3 is 2.56 bits per heavy atom. The fourth-order valence-corrected chi connectivity index (χ4v) is 1.38. The van der Waals surface area contributed by atoms with Crippen LogP contribution in [0.1, 0.15) is 11.7 Å². The first-order chi connectivity index (χ1) is 8.51. The van der Waals surface area contributed by atoms with Crippen molar-refractivity contribution in [2.24, 2.45) is 5.11 Å². The van der Waals surface area contributed by atoms with Gasteiger partial charge in [0.05, 0.1) is 19.8 Å². The molecule has 0 aromatic heterocycles. The van der Waals surface area contributed by atoms with Crippen molar-refractivity contribution in [1.82, 2.24) is 0 Å². The van der Waals surface area contributed by atoms with Crippen molar-refractivity contribution in [2.45, 2.75) is 12.2 Å². The molecule has 2 atom stereocenters. The van der Waals surface area contributed by atoms with Crippen LogP contribution >= 0.6 is 0 Å². The molecule has 0 bridgehead atoms. The molecule has 98 valence electrons. The molecule has 2 unspecified atom stereocenters. The minimum Gasteiger partial charge on any atom is -0.496 e. The number of rotatable bonds is 5. The highest BCUT2D eigenvalue weighted by atomic mass is 19.2. The lowest BCUT2D eigenvalue weighted by Crippen LogP contribution is -2.22. The minimum absolute atomic E-state index is 0.110. The second-order valence-corrected chi connectivity index (χ2v) is 3.43. The molecule has 0 saturated heterocycles. The number of azide groups is 1. The summed E-state index contributed by atoms with van der Waals surface area (Å²) in [5.74, 6) is -2.42. The van der Waals surface area contributed by atoms with E-state index < -0.39 is 30.4 Å². The quantitative estimate of drug-likeness (QED) is 0.478. The Morgan fingerprint density at radius 2 is 2.00 bits per heavy atom. The van der Waals surface area contributed by atoms with E-state index in [2.05, 4.69) is 10.0 Å². The van der Waals surface area contributed by atoms with Gasteiger partial charge in [-0.05, 0) is 11.6 Å². The summed E-state index contributed by atoms with van der Waals surface area (Å²) in [5.41, 5.74) is 7.95. The lowest BCUT2D eigenvalue weighted by atomic mass is 10.0. The van der Waals surface area contributed by atoms with Gasteiger partial charge in [-0.3, -0.25) is 0 Å². The summed E-state index contributed by atoms with van der Waals surface area (Å²) >= 11 is 0. The van der Waals surface area contributed by atoms with Gasteiger partial charge >= 0.3 is 0 Å². The number of nitrogens with zero attached hydrogens (tertiary/aromatic N) is 3. The Hall–Kier alpha value is -1.89. The van der Waals surface area contributed by atoms with E-state index in [0.717, 1.165) is 12.1 Å². The second kappa shape index (κ2) is 6.15. The van der Waals surface area contributed by atoms with Crippen LogP contribution in [0.3, 0.4) is 0 Å². The second-order valence-electron chi connectivity index (χ2n) is 3.43. The van der Waals surface area contributed by atoms with Gasteiger partial charge in [-0.1, -0.05) is 5.11 Å². The Kier molecular flexibility index (Phi) is 4.85. The average molecular weight is 259 g/mol. The topological polar surface area (TPSA) is 98.5 Å². The summed E-state index contributed by atoms with van der Waals surface area (Å²) in [7, 11) is 1.21. The summed E-state index contributed by atoms with van der Waals surface area (Å²) in [6.07, 6.45) is -3.00. The summed E-state index contributed by atoms with van der Waals surface area (Å²) in [6, 6.07) is 1.48. The molecule has 8 heteroatoms. The van der Waals surface area contributed by atoms with Crippen LogP contribution in [0.15, 0.2) is 17.2 Å². The van der Waals surface area contributed by atoms with Gasteiger partial charge in [0.2, 0.25) is 0 Å². The van der Waals surface area contributed by atoms with Gasteiger partial charge in [0.15, 0.2) is 11.6 Å². The minimum atomic E-state index is -1.56. The van der Waals surface area contributed by atoms with Crippen LogP contribution in [0.5, 0.6) is 5.75 Å². The molecule has 0 radical (unpaired) electrons. The van der Waals surface area contributed by atoms with Gasteiger partial charge in [0.25, 0.3) is 0 Å². The maximum atomic E-state index is 13.1. The zero-order chi connectivity index (χ0) is 13.7. The predicted molar refractivity (Wildman–Crippen MR) is 57.9 cm³/mol.